The molecule has 0 aliphatic carbocycles. The molecule has 3 N–H and O–H groups in total. The molecule has 0 fully saturated rings. The van der Waals surface area contributed by atoms with E-state index < -0.39 is 0 Å². The van der Waals surface area contributed by atoms with E-state index in [0.29, 0.717) is 30.1 Å². The minimum atomic E-state index is -0.380. The first-order valence-corrected chi connectivity index (χ1v) is 4.89. The van der Waals surface area contributed by atoms with Gasteiger partial charge in [-0.05, 0) is 18.2 Å². The number of carbonyl (C=O) groups is 1. The Hall–Kier alpha value is -1.75. The van der Waals surface area contributed by atoms with E-state index in [9.17, 15) is 4.79 Å². The smallest absolute Gasteiger partial charge is 0.337 e. The van der Waals surface area contributed by atoms with E-state index in [1.54, 1.807) is 25.3 Å². The lowest BCUT2D eigenvalue weighted by molar-refractivity contribution is 0.0601. The lowest BCUT2D eigenvalue weighted by atomic mass is 10.1. The summed E-state index contributed by atoms with van der Waals surface area (Å²) in [5.74, 6) is -0.380. The molecule has 0 bridgehead atoms. The Morgan fingerprint density at radius 1 is 1.50 bits per heavy atom. The van der Waals surface area contributed by atoms with Crippen molar-refractivity contribution in [1.29, 1.82) is 0 Å². The number of carbonyl (C=O) groups excluding carboxylic acids is 1. The molecule has 0 aliphatic heterocycles. The number of nitrogens with one attached hydrogen (secondary N) is 1. The predicted octanol–water partition coefficient (Wildman–Crippen LogP) is 1.36. The summed E-state index contributed by atoms with van der Waals surface area (Å²) in [6.07, 6.45) is 0. The molecule has 16 heavy (non-hydrogen) atoms. The molecule has 0 saturated carbocycles. The van der Waals surface area contributed by atoms with Crippen molar-refractivity contribution < 1.29 is 15.7 Å². The van der Waals surface area contributed by atoms with Gasteiger partial charge >= 0.3 is 5.97 Å². The Morgan fingerprint density at radius 3 is 2.88 bits per heavy atom. The van der Waals surface area contributed by atoms with Gasteiger partial charge in [-0.2, -0.15) is 0 Å². The van der Waals surface area contributed by atoms with Gasteiger partial charge in [-0.3, -0.25) is 0 Å². The van der Waals surface area contributed by atoms with E-state index in [1.807, 2.05) is 0 Å². The highest BCUT2D eigenvalue weighted by Crippen LogP contribution is 2.20. The number of rotatable bonds is 5. The first-order chi connectivity index (χ1) is 7.69. The Balaban J connectivity index is 0.00000256. The van der Waals surface area contributed by atoms with E-state index in [4.69, 9.17) is 10.5 Å². The summed E-state index contributed by atoms with van der Waals surface area (Å²) in [7, 11) is 2.96. The number of anilines is 2. The number of hydrogen-bond donors (Lipinski definition) is 2. The molecule has 1 aromatic rings. The van der Waals surface area contributed by atoms with Gasteiger partial charge in [0.25, 0.3) is 0 Å². The standard InChI is InChI=1S/C11H16N2O3.H2/c1-15-6-5-13-10-7-8(11(14)16-2)3-4-9(10)12;/h3-4,7,13H,5-6,12H2,1-2H3;1H. The van der Waals surface area contributed by atoms with Crippen LogP contribution in [0, 0.1) is 0 Å². The summed E-state index contributed by atoms with van der Waals surface area (Å²) >= 11 is 0. The quantitative estimate of drug-likeness (QED) is 0.450. The molecule has 0 saturated heterocycles. The second-order valence-electron chi connectivity index (χ2n) is 3.21. The zero-order valence-corrected chi connectivity index (χ0v) is 9.45. The van der Waals surface area contributed by atoms with Crippen LogP contribution in [0.1, 0.15) is 11.8 Å². The van der Waals surface area contributed by atoms with E-state index in [0.717, 1.165) is 0 Å². The van der Waals surface area contributed by atoms with E-state index in [-0.39, 0.29) is 7.40 Å². The average Bonchev–Trinajstić information content (AvgIpc) is 2.31. The number of methoxy groups -OCH3 is 2. The Morgan fingerprint density at radius 2 is 2.25 bits per heavy atom. The molecule has 5 heteroatoms. The minimum Gasteiger partial charge on any atom is -0.465 e. The molecular formula is C11H18N2O3. The van der Waals surface area contributed by atoms with Crippen LogP contribution in [-0.2, 0) is 9.47 Å². The van der Waals surface area contributed by atoms with Crippen LogP contribution in [0.3, 0.4) is 0 Å². The molecule has 0 atom stereocenters. The second kappa shape index (κ2) is 5.97. The molecule has 1 rings (SSSR count). The fourth-order valence-corrected chi connectivity index (χ4v) is 1.24. The molecule has 0 spiro atoms. The maximum absolute atomic E-state index is 11.3. The van der Waals surface area contributed by atoms with Crippen LogP contribution in [0.2, 0.25) is 0 Å². The van der Waals surface area contributed by atoms with Gasteiger partial charge in [0.15, 0.2) is 0 Å². The summed E-state index contributed by atoms with van der Waals surface area (Å²) in [4.78, 5) is 11.3. The number of hydrogen-bond acceptors (Lipinski definition) is 5. The summed E-state index contributed by atoms with van der Waals surface area (Å²) in [6, 6.07) is 4.96. The lowest BCUT2D eigenvalue weighted by Gasteiger charge is -2.10. The van der Waals surface area contributed by atoms with Crippen LogP contribution < -0.4 is 11.1 Å². The first-order valence-electron chi connectivity index (χ1n) is 4.89. The Labute approximate surface area is 96.0 Å². The molecule has 1 aromatic carbocycles. The van der Waals surface area contributed by atoms with Crippen LogP contribution >= 0.6 is 0 Å². The highest BCUT2D eigenvalue weighted by molar-refractivity contribution is 5.91. The number of esters is 1. The van der Waals surface area contributed by atoms with Gasteiger partial charge in [-0.25, -0.2) is 4.79 Å². The molecule has 0 heterocycles. The highest BCUT2D eigenvalue weighted by atomic mass is 16.5. The SMILES string of the molecule is COCCNc1cc(C(=O)OC)ccc1N.[HH]. The Kier molecular flexibility index (Phi) is 4.60. The number of ether oxygens (including phenoxy) is 2. The zero-order chi connectivity index (χ0) is 12.0. The Bertz CT molecular complexity index is 372. The lowest BCUT2D eigenvalue weighted by Crippen LogP contribution is -2.10. The highest BCUT2D eigenvalue weighted by Gasteiger charge is 2.07. The van der Waals surface area contributed by atoms with E-state index in [1.165, 1.54) is 7.11 Å². The van der Waals surface area contributed by atoms with Crippen LogP contribution in [-0.4, -0.2) is 33.3 Å². The maximum Gasteiger partial charge on any atom is 0.337 e. The number of benzene rings is 1. The summed E-state index contributed by atoms with van der Waals surface area (Å²) in [6.45, 7) is 1.20. The maximum atomic E-state index is 11.3. The first kappa shape index (κ1) is 12.3. The zero-order valence-electron chi connectivity index (χ0n) is 9.45. The monoisotopic (exact) mass is 226 g/mol. The third-order valence-electron chi connectivity index (χ3n) is 2.10. The molecule has 0 unspecified atom stereocenters. The summed E-state index contributed by atoms with van der Waals surface area (Å²) in [5, 5.41) is 3.08. The van der Waals surface area contributed by atoms with Gasteiger partial charge in [0.2, 0.25) is 0 Å². The van der Waals surface area contributed by atoms with Gasteiger partial charge < -0.3 is 20.5 Å². The van der Waals surface area contributed by atoms with E-state index >= 15 is 0 Å². The third-order valence-corrected chi connectivity index (χ3v) is 2.10. The van der Waals surface area contributed by atoms with Crippen molar-refractivity contribution in [2.75, 3.05) is 38.4 Å². The van der Waals surface area contributed by atoms with Crippen molar-refractivity contribution in [2.45, 2.75) is 0 Å². The van der Waals surface area contributed by atoms with E-state index in [2.05, 4.69) is 10.1 Å². The van der Waals surface area contributed by atoms with Crippen molar-refractivity contribution in [3.05, 3.63) is 23.8 Å². The van der Waals surface area contributed by atoms with Crippen LogP contribution in [0.25, 0.3) is 0 Å². The van der Waals surface area contributed by atoms with Gasteiger partial charge in [0.1, 0.15) is 0 Å². The predicted molar refractivity (Wildman–Crippen MR) is 64.7 cm³/mol. The van der Waals surface area contributed by atoms with Gasteiger partial charge in [0.05, 0.1) is 30.7 Å². The average molecular weight is 226 g/mol. The van der Waals surface area contributed by atoms with Crippen molar-refractivity contribution in [3.8, 4) is 0 Å². The molecule has 5 nitrogen and oxygen atoms in total. The van der Waals surface area contributed by atoms with Crippen molar-refractivity contribution >= 4 is 17.3 Å². The minimum absolute atomic E-state index is 0. The molecule has 0 radical (unpaired) electrons. The molecular weight excluding hydrogens is 208 g/mol. The van der Waals surface area contributed by atoms with Crippen LogP contribution in [0.15, 0.2) is 18.2 Å². The van der Waals surface area contributed by atoms with Crippen molar-refractivity contribution in [2.24, 2.45) is 0 Å². The molecule has 0 amide bonds. The third kappa shape index (κ3) is 3.13. The van der Waals surface area contributed by atoms with Crippen LogP contribution in [0.4, 0.5) is 11.4 Å². The molecule has 0 aliphatic rings. The van der Waals surface area contributed by atoms with Crippen molar-refractivity contribution in [1.82, 2.24) is 0 Å². The topological polar surface area (TPSA) is 73.6 Å². The van der Waals surface area contributed by atoms with Crippen molar-refractivity contribution in [3.63, 3.8) is 0 Å². The fraction of sp³-hybridized carbons (Fsp3) is 0.364. The van der Waals surface area contributed by atoms with Gasteiger partial charge in [-0.15, -0.1) is 0 Å². The normalized spacial score (nSPS) is 9.88. The number of nitrogen functional groups attached to an aromatic ring is 1. The summed E-state index contributed by atoms with van der Waals surface area (Å²) < 4.78 is 9.53. The summed E-state index contributed by atoms with van der Waals surface area (Å²) in [5.41, 5.74) is 7.52. The number of nitrogens with two attached hydrogens (primary N) is 1. The fourth-order valence-electron chi connectivity index (χ4n) is 1.24. The molecule has 90 valence electrons. The largest absolute Gasteiger partial charge is 0.465 e. The second-order valence-corrected chi connectivity index (χ2v) is 3.21. The van der Waals surface area contributed by atoms with Crippen LogP contribution in [0.5, 0.6) is 0 Å². The van der Waals surface area contributed by atoms with Gasteiger partial charge in [-0.1, -0.05) is 0 Å². The molecule has 0 aromatic heterocycles. The van der Waals surface area contributed by atoms with Gasteiger partial charge in [0, 0.05) is 15.1 Å².